The number of nitrogen functional groups attached to an aromatic ring is 1. The van der Waals surface area contributed by atoms with Crippen molar-refractivity contribution < 1.29 is 23.6 Å². The molecule has 0 saturated carbocycles. The van der Waals surface area contributed by atoms with Crippen LogP contribution in [0.3, 0.4) is 0 Å². The number of hydrogen-bond donors (Lipinski definition) is 3. The van der Waals surface area contributed by atoms with Gasteiger partial charge in [-0.2, -0.15) is 0 Å². The molecule has 3 aromatic rings. The second-order valence-corrected chi connectivity index (χ2v) is 5.58. The Morgan fingerprint density at radius 2 is 2.00 bits per heavy atom. The number of ketones is 1. The van der Waals surface area contributed by atoms with Crippen molar-refractivity contribution in [3.05, 3.63) is 52.5 Å². The quantitative estimate of drug-likeness (QED) is 0.599. The van der Waals surface area contributed by atoms with Crippen LogP contribution >= 0.6 is 11.3 Å². The first kappa shape index (κ1) is 15.6. The van der Waals surface area contributed by atoms with Crippen molar-refractivity contribution >= 4 is 39.7 Å². The summed E-state index contributed by atoms with van der Waals surface area (Å²) >= 11 is 0.953. The van der Waals surface area contributed by atoms with Crippen LogP contribution < -0.4 is 11.1 Å². The molecule has 0 aliphatic heterocycles. The number of benzene rings is 1. The number of carbonyl (C=O) groups excluding carboxylic acids is 1. The number of carboxylic acids is 1. The van der Waals surface area contributed by atoms with Gasteiger partial charge in [0, 0.05) is 11.8 Å². The number of thiazole rings is 1. The van der Waals surface area contributed by atoms with Crippen molar-refractivity contribution in [3.63, 3.8) is 0 Å². The highest BCUT2D eigenvalue weighted by molar-refractivity contribution is 7.18. The zero-order valence-corrected chi connectivity index (χ0v) is 12.6. The monoisotopic (exact) mass is 348 g/mol. The number of carbonyl (C=O) groups is 2. The fourth-order valence-electron chi connectivity index (χ4n) is 1.80. The van der Waals surface area contributed by atoms with E-state index in [9.17, 15) is 14.0 Å². The molecule has 0 radical (unpaired) electrons. The van der Waals surface area contributed by atoms with E-state index in [2.05, 4.69) is 15.5 Å². The summed E-state index contributed by atoms with van der Waals surface area (Å²) in [4.78, 5) is 27.2. The molecule has 24 heavy (non-hydrogen) atoms. The summed E-state index contributed by atoms with van der Waals surface area (Å²) < 4.78 is 17.6. The van der Waals surface area contributed by atoms with Gasteiger partial charge in [0.2, 0.25) is 11.5 Å². The van der Waals surface area contributed by atoms with Gasteiger partial charge in [0.15, 0.2) is 10.8 Å². The van der Waals surface area contributed by atoms with Crippen LogP contribution in [0.25, 0.3) is 0 Å². The number of hydrogen-bond acceptors (Lipinski definition) is 8. The molecule has 10 heteroatoms. The third-order valence-corrected chi connectivity index (χ3v) is 3.89. The molecule has 0 bridgehead atoms. The smallest absolute Gasteiger partial charge is 0.358 e. The van der Waals surface area contributed by atoms with Gasteiger partial charge in [-0.3, -0.25) is 4.79 Å². The first-order valence-corrected chi connectivity index (χ1v) is 7.29. The fourth-order valence-corrected chi connectivity index (χ4v) is 2.65. The summed E-state index contributed by atoms with van der Waals surface area (Å²) in [5.74, 6) is -2.61. The van der Waals surface area contributed by atoms with Crippen molar-refractivity contribution in [1.82, 2.24) is 10.1 Å². The van der Waals surface area contributed by atoms with Crippen molar-refractivity contribution in [2.45, 2.75) is 0 Å². The summed E-state index contributed by atoms with van der Waals surface area (Å²) in [5, 5.41) is 15.3. The van der Waals surface area contributed by atoms with Crippen LogP contribution in [-0.4, -0.2) is 27.0 Å². The van der Waals surface area contributed by atoms with Crippen LogP contribution in [0, 0.1) is 5.82 Å². The Morgan fingerprint density at radius 1 is 1.29 bits per heavy atom. The SMILES string of the molecule is Nc1nc(Nc2ccc(F)cc2)sc1C(=O)c1cc(C(=O)O)no1. The Labute approximate surface area is 137 Å². The molecule has 0 atom stereocenters. The highest BCUT2D eigenvalue weighted by Crippen LogP contribution is 2.29. The maximum Gasteiger partial charge on any atom is 0.358 e. The average molecular weight is 348 g/mol. The highest BCUT2D eigenvalue weighted by atomic mass is 32.1. The van der Waals surface area contributed by atoms with Crippen LogP contribution in [0.15, 0.2) is 34.9 Å². The number of aromatic nitrogens is 2. The highest BCUT2D eigenvalue weighted by Gasteiger charge is 2.23. The summed E-state index contributed by atoms with van der Waals surface area (Å²) in [5.41, 5.74) is 5.91. The molecule has 4 N–H and O–H groups in total. The van der Waals surface area contributed by atoms with Gasteiger partial charge in [-0.25, -0.2) is 14.2 Å². The van der Waals surface area contributed by atoms with Gasteiger partial charge >= 0.3 is 5.97 Å². The van der Waals surface area contributed by atoms with Gasteiger partial charge < -0.3 is 20.7 Å². The Balaban J connectivity index is 1.83. The van der Waals surface area contributed by atoms with E-state index >= 15 is 0 Å². The molecule has 0 unspecified atom stereocenters. The van der Waals surface area contributed by atoms with Crippen LogP contribution in [0.5, 0.6) is 0 Å². The topological polar surface area (TPSA) is 131 Å². The Hall–Kier alpha value is -3.27. The molecule has 122 valence electrons. The zero-order valence-electron chi connectivity index (χ0n) is 11.8. The third-order valence-electron chi connectivity index (χ3n) is 2.91. The van der Waals surface area contributed by atoms with Crippen LogP contribution in [0.2, 0.25) is 0 Å². The van der Waals surface area contributed by atoms with Crippen LogP contribution in [-0.2, 0) is 0 Å². The summed E-state index contributed by atoms with van der Waals surface area (Å²) in [6.07, 6.45) is 0. The van der Waals surface area contributed by atoms with Gasteiger partial charge in [-0.1, -0.05) is 16.5 Å². The van der Waals surface area contributed by atoms with Crippen LogP contribution in [0.1, 0.15) is 25.9 Å². The number of rotatable bonds is 5. The molecule has 0 saturated heterocycles. The number of anilines is 3. The van der Waals surface area contributed by atoms with E-state index in [0.717, 1.165) is 17.4 Å². The predicted molar refractivity (Wildman–Crippen MR) is 83.1 cm³/mol. The van der Waals surface area contributed by atoms with Crippen molar-refractivity contribution in [2.24, 2.45) is 0 Å². The van der Waals surface area contributed by atoms with E-state index in [1.54, 1.807) is 0 Å². The summed E-state index contributed by atoms with van der Waals surface area (Å²) in [6, 6.07) is 6.56. The molecule has 0 spiro atoms. The maximum atomic E-state index is 12.9. The third kappa shape index (κ3) is 3.08. The van der Waals surface area contributed by atoms with Gasteiger partial charge in [0.1, 0.15) is 16.5 Å². The second-order valence-electron chi connectivity index (χ2n) is 4.58. The maximum absolute atomic E-state index is 12.9. The standard InChI is InChI=1S/C14H9FN4O4S/c15-6-1-3-7(4-2-6)17-14-18-12(16)11(24-14)10(20)9-5-8(13(21)22)19-23-9/h1-5H,16H2,(H,17,18)(H,21,22). The molecule has 0 aliphatic rings. The average Bonchev–Trinajstić information content (AvgIpc) is 3.16. The lowest BCUT2D eigenvalue weighted by Crippen LogP contribution is -2.01. The molecule has 8 nitrogen and oxygen atoms in total. The second kappa shape index (κ2) is 6.08. The summed E-state index contributed by atoms with van der Waals surface area (Å²) in [7, 11) is 0. The predicted octanol–water partition coefficient (Wildman–Crippen LogP) is 2.53. The van der Waals surface area contributed by atoms with Crippen molar-refractivity contribution in [2.75, 3.05) is 11.1 Å². The Bertz CT molecular complexity index is 919. The fraction of sp³-hybridized carbons (Fsp3) is 0. The molecular formula is C14H9FN4O4S. The van der Waals surface area contributed by atoms with Gasteiger partial charge in [0.25, 0.3) is 0 Å². The van der Waals surface area contributed by atoms with Crippen molar-refractivity contribution in [3.8, 4) is 0 Å². The van der Waals surface area contributed by atoms with Crippen molar-refractivity contribution in [1.29, 1.82) is 0 Å². The minimum atomic E-state index is -1.31. The number of nitrogens with zero attached hydrogens (tertiary/aromatic N) is 2. The molecule has 2 aromatic heterocycles. The minimum Gasteiger partial charge on any atom is -0.476 e. The first-order chi connectivity index (χ1) is 11.4. The molecule has 2 heterocycles. The number of nitrogens with two attached hydrogens (primary N) is 1. The van der Waals surface area contributed by atoms with E-state index < -0.39 is 11.8 Å². The van der Waals surface area contributed by atoms with Gasteiger partial charge in [-0.05, 0) is 24.3 Å². The van der Waals surface area contributed by atoms with Gasteiger partial charge in [-0.15, -0.1) is 0 Å². The molecule has 0 amide bonds. The minimum absolute atomic E-state index is 0.0390. The first-order valence-electron chi connectivity index (χ1n) is 6.47. The van der Waals surface area contributed by atoms with Gasteiger partial charge in [0.05, 0.1) is 0 Å². The molecule has 3 rings (SSSR count). The Kier molecular flexibility index (Phi) is 3.96. The number of aromatic carboxylic acids is 1. The largest absolute Gasteiger partial charge is 0.476 e. The number of nitrogens with one attached hydrogen (secondary N) is 1. The van der Waals surface area contributed by atoms with E-state index in [4.69, 9.17) is 15.4 Å². The molecule has 0 fully saturated rings. The number of carboxylic acid groups (broad SMARTS) is 1. The molecular weight excluding hydrogens is 339 g/mol. The summed E-state index contributed by atoms with van der Waals surface area (Å²) in [6.45, 7) is 0. The Morgan fingerprint density at radius 3 is 2.62 bits per heavy atom. The zero-order chi connectivity index (χ0) is 17.3. The normalized spacial score (nSPS) is 10.5. The van der Waals surface area contributed by atoms with E-state index in [1.165, 1.54) is 24.3 Å². The molecule has 1 aromatic carbocycles. The lowest BCUT2D eigenvalue weighted by Gasteiger charge is -2.00. The lowest BCUT2D eigenvalue weighted by molar-refractivity contribution is 0.0685. The van der Waals surface area contributed by atoms with Crippen LogP contribution in [0.4, 0.5) is 21.0 Å². The van der Waals surface area contributed by atoms with E-state index in [0.29, 0.717) is 10.8 Å². The number of halogens is 1. The van der Waals surface area contributed by atoms with E-state index in [1.807, 2.05) is 0 Å². The van der Waals surface area contributed by atoms with E-state index in [-0.39, 0.29) is 28.0 Å². The molecule has 0 aliphatic carbocycles. The lowest BCUT2D eigenvalue weighted by atomic mass is 10.2.